The molecular weight excluding hydrogens is 477 g/mol. The SMILES string of the molecule is CC(C)(C)[C@H]1C(O)=C(C2=NS(=O)(=O)c3c(OCC(N)=O)cccc32)C(=O)N1Cc1ccc(F)cc1. The molecule has 184 valence electrons. The maximum absolute atomic E-state index is 13.6. The number of ether oxygens (including phenoxy) is 1. The Labute approximate surface area is 201 Å². The highest BCUT2D eigenvalue weighted by molar-refractivity contribution is 7.91. The Balaban J connectivity index is 1.81. The summed E-state index contributed by atoms with van der Waals surface area (Å²) in [6, 6.07) is 9.10. The molecule has 2 aliphatic heterocycles. The van der Waals surface area contributed by atoms with Gasteiger partial charge in [0.2, 0.25) is 0 Å². The number of sulfonamides is 1. The minimum atomic E-state index is -4.30. The van der Waals surface area contributed by atoms with Crippen LogP contribution in [0, 0.1) is 11.2 Å². The van der Waals surface area contributed by atoms with Gasteiger partial charge in [-0.05, 0) is 29.2 Å². The second-order valence-corrected chi connectivity index (χ2v) is 10.9. The van der Waals surface area contributed by atoms with Gasteiger partial charge < -0.3 is 20.5 Å². The molecule has 2 amide bonds. The van der Waals surface area contributed by atoms with Crippen LogP contribution < -0.4 is 10.5 Å². The second kappa shape index (κ2) is 8.49. The normalized spacial score (nSPS) is 19.1. The molecule has 0 aromatic heterocycles. The van der Waals surface area contributed by atoms with E-state index in [9.17, 15) is 27.5 Å². The van der Waals surface area contributed by atoms with Crippen LogP contribution in [0.5, 0.6) is 5.75 Å². The molecule has 2 aromatic rings. The predicted octanol–water partition coefficient (Wildman–Crippen LogP) is 2.45. The summed E-state index contributed by atoms with van der Waals surface area (Å²) in [4.78, 5) is 25.9. The molecule has 2 aliphatic rings. The molecule has 0 spiro atoms. The number of aliphatic hydroxyl groups excluding tert-OH is 1. The van der Waals surface area contributed by atoms with Crippen LogP contribution in [0.3, 0.4) is 0 Å². The van der Waals surface area contributed by atoms with Crippen molar-refractivity contribution < 1.29 is 32.2 Å². The average molecular weight is 502 g/mol. The molecule has 3 N–H and O–H groups in total. The smallest absolute Gasteiger partial charge is 0.287 e. The Bertz CT molecular complexity index is 1390. The number of nitrogens with two attached hydrogens (primary N) is 1. The van der Waals surface area contributed by atoms with Crippen molar-refractivity contribution in [2.45, 2.75) is 38.3 Å². The zero-order chi connectivity index (χ0) is 25.7. The number of primary amides is 1. The van der Waals surface area contributed by atoms with E-state index in [-0.39, 0.29) is 39.8 Å². The maximum atomic E-state index is 13.6. The van der Waals surface area contributed by atoms with Crippen molar-refractivity contribution >= 4 is 27.5 Å². The zero-order valence-corrected chi connectivity index (χ0v) is 20.1. The van der Waals surface area contributed by atoms with Crippen molar-refractivity contribution in [3.05, 3.63) is 70.7 Å². The van der Waals surface area contributed by atoms with Crippen LogP contribution in [0.4, 0.5) is 4.39 Å². The van der Waals surface area contributed by atoms with E-state index in [4.69, 9.17) is 10.5 Å². The molecule has 1 atom stereocenters. The van der Waals surface area contributed by atoms with Crippen LogP contribution >= 0.6 is 0 Å². The Kier molecular flexibility index (Phi) is 5.92. The number of nitrogens with zero attached hydrogens (tertiary/aromatic N) is 2. The molecule has 0 bridgehead atoms. The highest BCUT2D eigenvalue weighted by Crippen LogP contribution is 2.42. The first kappa shape index (κ1) is 24.4. The number of amides is 2. The molecular formula is C24H24FN3O6S. The van der Waals surface area contributed by atoms with E-state index in [1.807, 2.05) is 20.8 Å². The number of aliphatic hydroxyl groups is 1. The summed E-state index contributed by atoms with van der Waals surface area (Å²) < 4.78 is 48.3. The van der Waals surface area contributed by atoms with Gasteiger partial charge in [0, 0.05) is 12.1 Å². The van der Waals surface area contributed by atoms with Gasteiger partial charge in [-0.3, -0.25) is 9.59 Å². The van der Waals surface area contributed by atoms with E-state index in [1.54, 1.807) is 0 Å². The summed E-state index contributed by atoms with van der Waals surface area (Å²) in [6.07, 6.45) is 0. The number of fused-ring (bicyclic) bond motifs is 1. The first-order chi connectivity index (χ1) is 16.3. The minimum absolute atomic E-state index is 0.0588. The Morgan fingerprint density at radius 1 is 1.20 bits per heavy atom. The Morgan fingerprint density at radius 3 is 2.46 bits per heavy atom. The van der Waals surface area contributed by atoms with Crippen molar-refractivity contribution in [3.8, 4) is 5.75 Å². The van der Waals surface area contributed by atoms with Gasteiger partial charge in [0.25, 0.3) is 21.8 Å². The third-order valence-corrected chi connectivity index (χ3v) is 7.06. The lowest BCUT2D eigenvalue weighted by atomic mass is 9.84. The third-order valence-electron chi connectivity index (χ3n) is 5.70. The lowest BCUT2D eigenvalue weighted by Gasteiger charge is -2.35. The molecule has 0 radical (unpaired) electrons. The van der Waals surface area contributed by atoms with Crippen LogP contribution in [-0.4, -0.2) is 48.6 Å². The number of benzene rings is 2. The maximum Gasteiger partial charge on any atom is 0.287 e. The second-order valence-electron chi connectivity index (χ2n) is 9.39. The van der Waals surface area contributed by atoms with Gasteiger partial charge in [0.1, 0.15) is 33.5 Å². The van der Waals surface area contributed by atoms with Crippen molar-refractivity contribution in [2.75, 3.05) is 6.61 Å². The van der Waals surface area contributed by atoms with Crippen LogP contribution in [-0.2, 0) is 26.2 Å². The zero-order valence-electron chi connectivity index (χ0n) is 19.3. The highest BCUT2D eigenvalue weighted by Gasteiger charge is 2.49. The number of hydrogen-bond acceptors (Lipinski definition) is 6. The summed E-state index contributed by atoms with van der Waals surface area (Å²) in [7, 11) is -4.30. The van der Waals surface area contributed by atoms with E-state index in [2.05, 4.69) is 4.40 Å². The minimum Gasteiger partial charge on any atom is -0.509 e. The summed E-state index contributed by atoms with van der Waals surface area (Å²) in [5.74, 6) is -2.28. The Hall–Kier alpha value is -3.73. The third kappa shape index (κ3) is 4.39. The van der Waals surface area contributed by atoms with Crippen LogP contribution in [0.1, 0.15) is 31.9 Å². The van der Waals surface area contributed by atoms with Crippen molar-refractivity contribution in [1.82, 2.24) is 4.90 Å². The number of hydrogen-bond donors (Lipinski definition) is 2. The molecule has 9 nitrogen and oxygen atoms in total. The van der Waals surface area contributed by atoms with Gasteiger partial charge in [-0.15, -0.1) is 0 Å². The van der Waals surface area contributed by atoms with Crippen LogP contribution in [0.25, 0.3) is 0 Å². The van der Waals surface area contributed by atoms with Gasteiger partial charge in [0.05, 0.1) is 6.04 Å². The van der Waals surface area contributed by atoms with Crippen molar-refractivity contribution in [1.29, 1.82) is 0 Å². The van der Waals surface area contributed by atoms with E-state index < -0.39 is 45.7 Å². The molecule has 0 saturated heterocycles. The first-order valence-corrected chi connectivity index (χ1v) is 12.1. The fourth-order valence-electron chi connectivity index (χ4n) is 4.33. The van der Waals surface area contributed by atoms with E-state index >= 15 is 0 Å². The number of rotatable bonds is 6. The molecule has 2 aromatic carbocycles. The average Bonchev–Trinajstić information content (AvgIpc) is 3.17. The van der Waals surface area contributed by atoms with Crippen LogP contribution in [0.2, 0.25) is 0 Å². The standard InChI is InChI=1S/C24H24FN3O6S/c1-24(2,3)22-20(30)18(23(31)28(22)11-13-7-9-14(25)10-8-13)19-15-5-4-6-16(34-12-17(26)29)21(15)35(32,33)27-19/h4-10,22,30H,11-12H2,1-3H3,(H2,26,29)/t22-/m1/s1. The monoisotopic (exact) mass is 501 g/mol. The molecule has 0 saturated carbocycles. The molecule has 11 heteroatoms. The predicted molar refractivity (Wildman–Crippen MR) is 125 cm³/mol. The van der Waals surface area contributed by atoms with E-state index in [1.165, 1.54) is 47.4 Å². The van der Waals surface area contributed by atoms with Gasteiger partial charge in [-0.25, -0.2) is 4.39 Å². The van der Waals surface area contributed by atoms with Crippen LogP contribution in [0.15, 0.2) is 63.1 Å². The van der Waals surface area contributed by atoms with Gasteiger partial charge in [-0.1, -0.05) is 45.0 Å². The summed E-state index contributed by atoms with van der Waals surface area (Å²) in [6.45, 7) is 5.01. The first-order valence-electron chi connectivity index (χ1n) is 10.7. The number of carbonyl (C=O) groups excluding carboxylic acids is 2. The molecule has 0 aliphatic carbocycles. The lowest BCUT2D eigenvalue weighted by Crippen LogP contribution is -2.43. The summed E-state index contributed by atoms with van der Waals surface area (Å²) in [5.41, 5.74) is 4.73. The number of halogens is 1. The molecule has 0 unspecified atom stereocenters. The molecule has 4 rings (SSSR count). The lowest BCUT2D eigenvalue weighted by molar-refractivity contribution is -0.129. The van der Waals surface area contributed by atoms with Gasteiger partial charge in [0.15, 0.2) is 6.61 Å². The van der Waals surface area contributed by atoms with Gasteiger partial charge in [-0.2, -0.15) is 12.8 Å². The fraction of sp³-hybridized carbons (Fsp3) is 0.292. The fourth-order valence-corrected chi connectivity index (χ4v) is 5.68. The quantitative estimate of drug-likeness (QED) is 0.623. The summed E-state index contributed by atoms with van der Waals surface area (Å²) in [5, 5.41) is 11.2. The largest absolute Gasteiger partial charge is 0.509 e. The molecule has 2 heterocycles. The van der Waals surface area contributed by atoms with Crippen molar-refractivity contribution in [2.24, 2.45) is 15.5 Å². The Morgan fingerprint density at radius 2 is 1.86 bits per heavy atom. The highest BCUT2D eigenvalue weighted by atomic mass is 32.2. The molecule has 0 fully saturated rings. The summed E-state index contributed by atoms with van der Waals surface area (Å²) >= 11 is 0. The molecule has 35 heavy (non-hydrogen) atoms. The number of carbonyl (C=O) groups is 2. The van der Waals surface area contributed by atoms with Gasteiger partial charge >= 0.3 is 0 Å². The topological polar surface area (TPSA) is 139 Å². The van der Waals surface area contributed by atoms with E-state index in [0.29, 0.717) is 5.56 Å². The van der Waals surface area contributed by atoms with E-state index in [0.717, 1.165) is 0 Å². The van der Waals surface area contributed by atoms with Crippen molar-refractivity contribution in [3.63, 3.8) is 0 Å².